The van der Waals surface area contributed by atoms with Crippen LogP contribution in [0.3, 0.4) is 0 Å². The molecule has 3 aromatic carbocycles. The van der Waals surface area contributed by atoms with Gasteiger partial charge >= 0.3 is 0 Å². The molecular formula is C25H23N3O2S. The van der Waals surface area contributed by atoms with Gasteiger partial charge in [-0.3, -0.25) is 0 Å². The molecule has 4 rings (SSSR count). The number of hydrogen-bond donors (Lipinski definition) is 0. The lowest BCUT2D eigenvalue weighted by Gasteiger charge is -2.10. The topological polar surface area (TPSA) is 57.1 Å². The van der Waals surface area contributed by atoms with E-state index in [9.17, 15) is 0 Å². The molecule has 0 aliphatic rings. The summed E-state index contributed by atoms with van der Waals surface area (Å²) in [6.45, 7) is 3.16. The number of aromatic nitrogens is 3. The van der Waals surface area contributed by atoms with Gasteiger partial charge in [-0.05, 0) is 31.2 Å². The van der Waals surface area contributed by atoms with Crippen LogP contribution >= 0.6 is 11.8 Å². The molecule has 0 amide bonds. The highest BCUT2D eigenvalue weighted by Crippen LogP contribution is 2.29. The van der Waals surface area contributed by atoms with Gasteiger partial charge in [0.25, 0.3) is 0 Å². The number of thioether (sulfide) groups is 1. The molecule has 0 saturated heterocycles. The fraction of sp³-hybridized carbons (Fsp3) is 0.160. The van der Waals surface area contributed by atoms with E-state index in [1.807, 2.05) is 91.9 Å². The zero-order chi connectivity index (χ0) is 21.3. The Morgan fingerprint density at radius 3 is 1.87 bits per heavy atom. The third-order valence-corrected chi connectivity index (χ3v) is 5.28. The van der Waals surface area contributed by atoms with E-state index in [1.165, 1.54) is 11.8 Å². The molecule has 0 radical (unpaired) electrons. The molecule has 0 aliphatic heterocycles. The molecule has 0 aliphatic carbocycles. The van der Waals surface area contributed by atoms with Crippen molar-refractivity contribution in [2.45, 2.75) is 12.1 Å². The summed E-state index contributed by atoms with van der Waals surface area (Å²) in [5, 5.41) is 9.48. The molecular weight excluding hydrogens is 406 g/mol. The molecule has 0 atom stereocenters. The third kappa shape index (κ3) is 5.61. The van der Waals surface area contributed by atoms with Crippen molar-refractivity contribution < 1.29 is 9.47 Å². The minimum atomic E-state index is 0.545. The average molecular weight is 430 g/mol. The fourth-order valence-electron chi connectivity index (χ4n) is 3.05. The van der Waals surface area contributed by atoms with E-state index >= 15 is 0 Å². The first kappa shape index (κ1) is 20.9. The fourth-order valence-corrected chi connectivity index (χ4v) is 3.65. The molecule has 0 unspecified atom stereocenters. The van der Waals surface area contributed by atoms with Crippen LogP contribution in [0, 0.1) is 0 Å². The monoisotopic (exact) mass is 429 g/mol. The minimum absolute atomic E-state index is 0.545. The van der Waals surface area contributed by atoms with Gasteiger partial charge in [-0.2, -0.15) is 0 Å². The number of benzene rings is 3. The highest BCUT2D eigenvalue weighted by molar-refractivity contribution is 7.99. The number of hydrogen-bond acceptors (Lipinski definition) is 6. The molecule has 6 heteroatoms. The summed E-state index contributed by atoms with van der Waals surface area (Å²) < 4.78 is 11.3. The summed E-state index contributed by atoms with van der Waals surface area (Å²) >= 11 is 1.53. The van der Waals surface area contributed by atoms with Crippen LogP contribution in [-0.4, -0.2) is 34.1 Å². The standard InChI is InChI=1S/C25H23N3O2S/c1-2-29-21-13-15-22(16-14-21)30-17-18-31-25-26-23(19-9-5-3-6-10-19)24(27-28-25)20-11-7-4-8-12-20/h3-16H,2,17-18H2,1H3. The number of ether oxygens (including phenoxy) is 2. The minimum Gasteiger partial charge on any atom is -0.494 e. The quantitative estimate of drug-likeness (QED) is 0.248. The third-order valence-electron chi connectivity index (χ3n) is 4.48. The molecule has 0 N–H and O–H groups in total. The number of rotatable bonds is 9. The molecule has 4 aromatic rings. The van der Waals surface area contributed by atoms with Crippen molar-refractivity contribution in [3.8, 4) is 34.0 Å². The maximum absolute atomic E-state index is 5.82. The first-order chi connectivity index (χ1) is 15.3. The Labute approximate surface area is 186 Å². The zero-order valence-electron chi connectivity index (χ0n) is 17.3. The van der Waals surface area contributed by atoms with Gasteiger partial charge in [-0.15, -0.1) is 10.2 Å². The van der Waals surface area contributed by atoms with Crippen molar-refractivity contribution in [1.82, 2.24) is 15.2 Å². The molecule has 0 bridgehead atoms. The van der Waals surface area contributed by atoms with Crippen molar-refractivity contribution >= 4 is 11.8 Å². The Kier molecular flexibility index (Phi) is 7.13. The molecule has 1 aromatic heterocycles. The van der Waals surface area contributed by atoms with Crippen LogP contribution in [0.5, 0.6) is 11.5 Å². The van der Waals surface area contributed by atoms with Crippen molar-refractivity contribution in [3.05, 3.63) is 84.9 Å². The predicted molar refractivity (Wildman–Crippen MR) is 125 cm³/mol. The second-order valence-electron chi connectivity index (χ2n) is 6.62. The van der Waals surface area contributed by atoms with Crippen molar-refractivity contribution in [3.63, 3.8) is 0 Å². The highest BCUT2D eigenvalue weighted by atomic mass is 32.2. The summed E-state index contributed by atoms with van der Waals surface area (Å²) in [6, 6.07) is 27.7. The van der Waals surface area contributed by atoms with E-state index in [1.54, 1.807) is 0 Å². The Bertz CT molecular complexity index is 1090. The lowest BCUT2D eigenvalue weighted by atomic mass is 10.0. The first-order valence-electron chi connectivity index (χ1n) is 10.2. The van der Waals surface area contributed by atoms with Crippen molar-refractivity contribution in [1.29, 1.82) is 0 Å². The van der Waals surface area contributed by atoms with Crippen molar-refractivity contribution in [2.75, 3.05) is 19.0 Å². The van der Waals surface area contributed by atoms with Crippen LogP contribution in [0.2, 0.25) is 0 Å². The largest absolute Gasteiger partial charge is 0.494 e. The first-order valence-corrected chi connectivity index (χ1v) is 11.2. The van der Waals surface area contributed by atoms with Gasteiger partial charge in [0.05, 0.1) is 13.2 Å². The molecule has 0 fully saturated rings. The molecule has 156 valence electrons. The molecule has 0 spiro atoms. The zero-order valence-corrected chi connectivity index (χ0v) is 18.1. The highest BCUT2D eigenvalue weighted by Gasteiger charge is 2.13. The van der Waals surface area contributed by atoms with E-state index < -0.39 is 0 Å². The Morgan fingerprint density at radius 1 is 0.677 bits per heavy atom. The van der Waals surface area contributed by atoms with Crippen molar-refractivity contribution in [2.24, 2.45) is 0 Å². The second-order valence-corrected chi connectivity index (χ2v) is 7.69. The van der Waals surface area contributed by atoms with E-state index in [0.717, 1.165) is 34.0 Å². The summed E-state index contributed by atoms with van der Waals surface area (Å²) in [4.78, 5) is 4.81. The normalized spacial score (nSPS) is 10.6. The summed E-state index contributed by atoms with van der Waals surface area (Å²) in [5.41, 5.74) is 3.62. The predicted octanol–water partition coefficient (Wildman–Crippen LogP) is 5.78. The smallest absolute Gasteiger partial charge is 0.209 e. The maximum atomic E-state index is 5.82. The van der Waals surface area contributed by atoms with E-state index in [2.05, 4.69) is 10.2 Å². The van der Waals surface area contributed by atoms with Crippen LogP contribution in [-0.2, 0) is 0 Å². The second kappa shape index (κ2) is 10.6. The van der Waals surface area contributed by atoms with E-state index in [-0.39, 0.29) is 0 Å². The Balaban J connectivity index is 1.44. The van der Waals surface area contributed by atoms with E-state index in [4.69, 9.17) is 14.5 Å². The van der Waals surface area contributed by atoms with Crippen LogP contribution in [0.4, 0.5) is 0 Å². The molecule has 31 heavy (non-hydrogen) atoms. The van der Waals surface area contributed by atoms with Crippen LogP contribution in [0.25, 0.3) is 22.5 Å². The Hall–Kier alpha value is -3.38. The summed E-state index contributed by atoms with van der Waals surface area (Å²) in [5.74, 6) is 2.37. The SMILES string of the molecule is CCOc1ccc(OCCSc2nnc(-c3ccccc3)c(-c3ccccc3)n2)cc1. The van der Waals surface area contributed by atoms with Crippen LogP contribution in [0.1, 0.15) is 6.92 Å². The molecule has 1 heterocycles. The summed E-state index contributed by atoms with van der Waals surface area (Å²) in [7, 11) is 0. The van der Waals surface area contributed by atoms with Gasteiger partial charge in [-0.1, -0.05) is 72.4 Å². The van der Waals surface area contributed by atoms with Crippen LogP contribution < -0.4 is 9.47 Å². The van der Waals surface area contributed by atoms with Gasteiger partial charge in [0.2, 0.25) is 5.16 Å². The summed E-state index contributed by atoms with van der Waals surface area (Å²) in [6.07, 6.45) is 0. The molecule has 0 saturated carbocycles. The van der Waals surface area contributed by atoms with Gasteiger partial charge in [0, 0.05) is 16.9 Å². The maximum Gasteiger partial charge on any atom is 0.209 e. The van der Waals surface area contributed by atoms with Gasteiger partial charge < -0.3 is 9.47 Å². The van der Waals surface area contributed by atoms with E-state index in [0.29, 0.717) is 24.1 Å². The van der Waals surface area contributed by atoms with Gasteiger partial charge in [-0.25, -0.2) is 4.98 Å². The lowest BCUT2D eigenvalue weighted by molar-refractivity contribution is 0.332. The van der Waals surface area contributed by atoms with Gasteiger partial charge in [0.15, 0.2) is 0 Å². The Morgan fingerprint density at radius 2 is 1.26 bits per heavy atom. The average Bonchev–Trinajstić information content (AvgIpc) is 2.84. The van der Waals surface area contributed by atoms with Gasteiger partial charge in [0.1, 0.15) is 22.9 Å². The number of nitrogens with zero attached hydrogens (tertiary/aromatic N) is 3. The van der Waals surface area contributed by atoms with Crippen LogP contribution in [0.15, 0.2) is 90.1 Å². The lowest BCUT2D eigenvalue weighted by Crippen LogP contribution is -2.03. The molecule has 5 nitrogen and oxygen atoms in total.